The second kappa shape index (κ2) is 9.45. The Morgan fingerprint density at radius 1 is 1.17 bits per heavy atom. The summed E-state index contributed by atoms with van der Waals surface area (Å²) in [5, 5.41) is 10.4. The van der Waals surface area contributed by atoms with Gasteiger partial charge in [-0.2, -0.15) is 13.2 Å². The fourth-order valence-electron chi connectivity index (χ4n) is 5.05. The van der Waals surface area contributed by atoms with Crippen molar-refractivity contribution in [1.82, 2.24) is 4.90 Å². The van der Waals surface area contributed by atoms with Crippen molar-refractivity contribution < 1.29 is 23.0 Å². The van der Waals surface area contributed by atoms with Crippen LogP contribution in [0.3, 0.4) is 0 Å². The van der Waals surface area contributed by atoms with Crippen molar-refractivity contribution in [3.05, 3.63) is 29.8 Å². The first kappa shape index (κ1) is 23.4. The lowest BCUT2D eigenvalue weighted by Crippen LogP contribution is -2.49. The van der Waals surface area contributed by atoms with Gasteiger partial charge in [0.2, 0.25) is 0 Å². The Hall–Kier alpha value is -1.31. The lowest BCUT2D eigenvalue weighted by atomic mass is 9.71. The number of halogens is 3. The molecule has 30 heavy (non-hydrogen) atoms. The number of piperazine rings is 1. The maximum Gasteiger partial charge on any atom is 0.416 e. The number of aliphatic hydroxyl groups is 1. The average molecular weight is 429 g/mol. The van der Waals surface area contributed by atoms with Gasteiger partial charge >= 0.3 is 6.18 Å². The lowest BCUT2D eigenvalue weighted by Gasteiger charge is -2.39. The largest absolute Gasteiger partial charge is 0.416 e. The van der Waals surface area contributed by atoms with E-state index < -0.39 is 17.8 Å². The van der Waals surface area contributed by atoms with Crippen molar-refractivity contribution in [2.75, 3.05) is 44.2 Å². The number of hydrogen-bond donors (Lipinski definition) is 1. The minimum atomic E-state index is -4.33. The molecule has 7 heteroatoms. The average Bonchev–Trinajstić information content (AvgIpc) is 2.65. The zero-order valence-electron chi connectivity index (χ0n) is 18.3. The summed E-state index contributed by atoms with van der Waals surface area (Å²) in [5.41, 5.74) is 0.269. The van der Waals surface area contributed by atoms with E-state index in [1.54, 1.807) is 6.07 Å². The van der Waals surface area contributed by atoms with Crippen LogP contribution >= 0.6 is 0 Å². The quantitative estimate of drug-likeness (QED) is 0.728. The first-order valence-electron chi connectivity index (χ1n) is 11.0. The van der Waals surface area contributed by atoms with E-state index in [2.05, 4.69) is 25.7 Å². The van der Waals surface area contributed by atoms with Crippen LogP contribution in [0.4, 0.5) is 18.9 Å². The molecule has 2 aliphatic rings. The van der Waals surface area contributed by atoms with Gasteiger partial charge in [-0.1, -0.05) is 26.8 Å². The van der Waals surface area contributed by atoms with Crippen LogP contribution in [0.1, 0.15) is 45.6 Å². The van der Waals surface area contributed by atoms with E-state index in [1.807, 2.05) is 4.90 Å². The van der Waals surface area contributed by atoms with Crippen LogP contribution in [-0.2, 0) is 10.9 Å². The van der Waals surface area contributed by atoms with Gasteiger partial charge < -0.3 is 14.7 Å². The van der Waals surface area contributed by atoms with E-state index in [0.717, 1.165) is 18.9 Å². The minimum absolute atomic E-state index is 0.205. The number of rotatable bonds is 6. The molecule has 1 aliphatic carbocycles. The smallest absolute Gasteiger partial charge is 0.389 e. The first-order valence-corrected chi connectivity index (χ1v) is 11.0. The van der Waals surface area contributed by atoms with Crippen molar-refractivity contribution >= 4 is 5.69 Å². The lowest BCUT2D eigenvalue weighted by molar-refractivity contribution is -0.137. The third-order valence-electron chi connectivity index (χ3n) is 6.25. The third kappa shape index (κ3) is 6.59. The fraction of sp³-hybridized carbons (Fsp3) is 0.739. The van der Waals surface area contributed by atoms with E-state index in [0.29, 0.717) is 50.9 Å². The normalized spacial score (nSPS) is 26.6. The minimum Gasteiger partial charge on any atom is -0.389 e. The molecule has 1 N–H and O–H groups in total. The summed E-state index contributed by atoms with van der Waals surface area (Å²) >= 11 is 0. The Labute approximate surface area is 178 Å². The molecule has 0 aromatic heterocycles. The van der Waals surface area contributed by atoms with Gasteiger partial charge in [-0.05, 0) is 48.8 Å². The van der Waals surface area contributed by atoms with Gasteiger partial charge in [0.25, 0.3) is 0 Å². The highest BCUT2D eigenvalue weighted by Gasteiger charge is 2.33. The van der Waals surface area contributed by atoms with Crippen molar-refractivity contribution in [2.24, 2.45) is 11.3 Å². The second-order valence-electron chi connectivity index (χ2n) is 9.86. The molecule has 1 saturated carbocycles. The third-order valence-corrected chi connectivity index (χ3v) is 6.25. The first-order chi connectivity index (χ1) is 14.0. The van der Waals surface area contributed by atoms with Crippen molar-refractivity contribution in [3.63, 3.8) is 0 Å². The summed E-state index contributed by atoms with van der Waals surface area (Å²) in [6.45, 7) is 10.4. The highest BCUT2D eigenvalue weighted by atomic mass is 19.4. The number of alkyl halides is 3. The number of anilines is 1. The van der Waals surface area contributed by atoms with E-state index in [4.69, 9.17) is 4.74 Å². The van der Waals surface area contributed by atoms with Gasteiger partial charge in [-0.3, -0.25) is 4.90 Å². The van der Waals surface area contributed by atoms with Crippen LogP contribution in [0.15, 0.2) is 24.3 Å². The van der Waals surface area contributed by atoms with Crippen LogP contribution in [0.5, 0.6) is 0 Å². The summed E-state index contributed by atoms with van der Waals surface area (Å²) in [5.74, 6) is 0.639. The highest BCUT2D eigenvalue weighted by Crippen LogP contribution is 2.39. The molecule has 0 radical (unpaired) electrons. The summed E-state index contributed by atoms with van der Waals surface area (Å²) in [4.78, 5) is 4.13. The zero-order chi connectivity index (χ0) is 21.9. The van der Waals surface area contributed by atoms with Crippen LogP contribution in [-0.4, -0.2) is 61.5 Å². The molecular weight excluding hydrogens is 393 g/mol. The SMILES string of the molecule is C[C@H]1C[C@H](OC[C@H](O)CN2CCN(c3cccc(C(F)(F)F)c3)CC2)CC(C)(C)C1. The van der Waals surface area contributed by atoms with Crippen LogP contribution in [0, 0.1) is 11.3 Å². The van der Waals surface area contributed by atoms with Crippen molar-refractivity contribution in [2.45, 2.75) is 58.4 Å². The molecule has 1 heterocycles. The van der Waals surface area contributed by atoms with Crippen LogP contribution in [0.2, 0.25) is 0 Å². The summed E-state index contributed by atoms with van der Waals surface area (Å²) < 4.78 is 44.9. The number of hydrogen-bond acceptors (Lipinski definition) is 4. The highest BCUT2D eigenvalue weighted by molar-refractivity contribution is 5.49. The summed E-state index contributed by atoms with van der Waals surface area (Å²) in [6.07, 6.45) is -1.38. The summed E-state index contributed by atoms with van der Waals surface area (Å²) in [7, 11) is 0. The molecule has 1 saturated heterocycles. The molecule has 3 atom stereocenters. The van der Waals surface area contributed by atoms with Crippen LogP contribution in [0.25, 0.3) is 0 Å². The van der Waals surface area contributed by atoms with Gasteiger partial charge in [0.1, 0.15) is 0 Å². The number of aliphatic hydroxyl groups excluding tert-OH is 1. The summed E-state index contributed by atoms with van der Waals surface area (Å²) in [6, 6.07) is 5.49. The molecule has 4 nitrogen and oxygen atoms in total. The molecule has 0 spiro atoms. The molecule has 0 unspecified atom stereocenters. The maximum atomic E-state index is 12.9. The van der Waals surface area contributed by atoms with E-state index in [-0.39, 0.29) is 11.5 Å². The predicted molar refractivity (Wildman–Crippen MR) is 113 cm³/mol. The Kier molecular flexibility index (Phi) is 7.36. The Bertz CT molecular complexity index is 687. The molecular formula is C23H35F3N2O2. The Morgan fingerprint density at radius 3 is 2.50 bits per heavy atom. The molecule has 1 aromatic rings. The van der Waals surface area contributed by atoms with Gasteiger partial charge in [0.15, 0.2) is 0 Å². The topological polar surface area (TPSA) is 35.9 Å². The van der Waals surface area contributed by atoms with Gasteiger partial charge in [-0.25, -0.2) is 0 Å². The van der Waals surface area contributed by atoms with Crippen molar-refractivity contribution in [3.8, 4) is 0 Å². The van der Waals surface area contributed by atoms with Crippen molar-refractivity contribution in [1.29, 1.82) is 0 Å². The monoisotopic (exact) mass is 428 g/mol. The number of β-amino-alcohol motifs (C(OH)–C–C–N with tert-alkyl or cyclic N) is 1. The van der Waals surface area contributed by atoms with Crippen LogP contribution < -0.4 is 4.90 Å². The molecule has 1 aromatic carbocycles. The zero-order valence-corrected chi connectivity index (χ0v) is 18.3. The molecule has 0 amide bonds. The number of benzene rings is 1. The standard InChI is InChI=1S/C23H35F3N2O2/c1-17-11-21(14-22(2,3)13-17)30-16-20(29)15-27-7-9-28(10-8-27)19-6-4-5-18(12-19)23(24,25)26/h4-6,12,17,20-21,29H,7-11,13-16H2,1-3H3/t17-,20+,21-/m0/s1. The van der Waals surface area contributed by atoms with E-state index >= 15 is 0 Å². The van der Waals surface area contributed by atoms with Gasteiger partial charge in [0, 0.05) is 38.4 Å². The maximum absolute atomic E-state index is 12.9. The fourth-order valence-corrected chi connectivity index (χ4v) is 5.05. The molecule has 3 rings (SSSR count). The Morgan fingerprint density at radius 2 is 1.87 bits per heavy atom. The van der Waals surface area contributed by atoms with Gasteiger partial charge in [-0.15, -0.1) is 0 Å². The van der Waals surface area contributed by atoms with E-state index in [9.17, 15) is 18.3 Å². The second-order valence-corrected chi connectivity index (χ2v) is 9.86. The Balaban J connectivity index is 1.42. The molecule has 170 valence electrons. The number of nitrogens with zero attached hydrogens (tertiary/aromatic N) is 2. The van der Waals surface area contributed by atoms with Gasteiger partial charge in [0.05, 0.1) is 24.4 Å². The predicted octanol–water partition coefficient (Wildman–Crippen LogP) is 4.42. The number of ether oxygens (including phenoxy) is 1. The molecule has 1 aliphatic heterocycles. The van der Waals surface area contributed by atoms with E-state index in [1.165, 1.54) is 18.6 Å². The molecule has 2 fully saturated rings. The molecule has 0 bridgehead atoms.